The van der Waals surface area contributed by atoms with Crippen LogP contribution in [0, 0.1) is 18.3 Å². The Morgan fingerprint density at radius 1 is 1.14 bits per heavy atom. The summed E-state index contributed by atoms with van der Waals surface area (Å²) in [5.74, 6) is -2.04. The summed E-state index contributed by atoms with van der Waals surface area (Å²) in [4.78, 5) is 43.4. The third-order valence-corrected chi connectivity index (χ3v) is 5.73. The highest BCUT2D eigenvalue weighted by Crippen LogP contribution is 2.26. The van der Waals surface area contributed by atoms with E-state index in [1.807, 2.05) is 13.0 Å². The second-order valence-electron chi connectivity index (χ2n) is 6.70. The number of fused-ring (bicyclic) bond motifs is 1. The summed E-state index contributed by atoms with van der Waals surface area (Å²) in [6.07, 6.45) is 0. The molecular weight excluding hydrogens is 386 g/mol. The van der Waals surface area contributed by atoms with Gasteiger partial charge in [-0.3, -0.25) is 19.3 Å². The van der Waals surface area contributed by atoms with Crippen molar-refractivity contribution in [3.63, 3.8) is 0 Å². The minimum Gasteiger partial charge on any atom is -0.292 e. The first-order valence-corrected chi connectivity index (χ1v) is 9.77. The topological polar surface area (TPSA) is 91.1 Å². The lowest BCUT2D eigenvalue weighted by molar-refractivity contribution is 0.0642. The minimum absolute atomic E-state index is 0.0566. The van der Waals surface area contributed by atoms with Crippen LogP contribution in [0.5, 0.6) is 0 Å². The van der Waals surface area contributed by atoms with Gasteiger partial charge in [-0.05, 0) is 30.7 Å². The van der Waals surface area contributed by atoms with E-state index >= 15 is 0 Å². The van der Waals surface area contributed by atoms with Crippen LogP contribution in [-0.4, -0.2) is 27.5 Å². The average Bonchev–Trinajstić information content (AvgIpc) is 3.26. The number of thiazole rings is 1. The summed E-state index contributed by atoms with van der Waals surface area (Å²) in [5.41, 5.74) is 2.51. The number of nitriles is 1. The van der Waals surface area contributed by atoms with Gasteiger partial charge in [0.25, 0.3) is 11.8 Å². The molecule has 2 amide bonds. The van der Waals surface area contributed by atoms with Gasteiger partial charge in [-0.25, -0.2) is 4.98 Å². The summed E-state index contributed by atoms with van der Waals surface area (Å²) in [6, 6.07) is 15.4. The fourth-order valence-corrected chi connectivity index (χ4v) is 4.12. The van der Waals surface area contributed by atoms with E-state index in [0.29, 0.717) is 27.3 Å². The second kappa shape index (κ2) is 7.41. The highest BCUT2D eigenvalue weighted by atomic mass is 32.1. The van der Waals surface area contributed by atoms with Crippen molar-refractivity contribution < 1.29 is 14.4 Å². The number of rotatable bonds is 5. The molecule has 6 nitrogen and oxygen atoms in total. The standard InChI is InChI=1S/C22H15N3O3S/c1-13-12-29-20(24-13)18(10-23)19(26)15-6-4-5-14(9-15)11-25-21(27)16-7-2-3-8-17(16)22(25)28/h2-9,12,18H,11H2,1H3. The first-order chi connectivity index (χ1) is 14.0. The molecule has 142 valence electrons. The molecule has 0 fully saturated rings. The highest BCUT2D eigenvalue weighted by molar-refractivity contribution is 7.10. The zero-order valence-corrected chi connectivity index (χ0v) is 16.3. The van der Waals surface area contributed by atoms with Crippen LogP contribution < -0.4 is 0 Å². The highest BCUT2D eigenvalue weighted by Gasteiger charge is 2.35. The largest absolute Gasteiger partial charge is 0.292 e. The third-order valence-electron chi connectivity index (χ3n) is 4.71. The first-order valence-electron chi connectivity index (χ1n) is 8.89. The molecule has 0 aliphatic carbocycles. The number of ketones is 1. The van der Waals surface area contributed by atoms with Gasteiger partial charge in [0.2, 0.25) is 0 Å². The molecule has 0 saturated heterocycles. The molecule has 1 atom stereocenters. The number of hydrogen-bond donors (Lipinski definition) is 0. The fraction of sp³-hybridized carbons (Fsp3) is 0.136. The van der Waals surface area contributed by atoms with Crippen LogP contribution in [0.2, 0.25) is 0 Å². The van der Waals surface area contributed by atoms with Gasteiger partial charge < -0.3 is 0 Å². The Balaban J connectivity index is 1.58. The van der Waals surface area contributed by atoms with Crippen LogP contribution in [0.1, 0.15) is 53.3 Å². The summed E-state index contributed by atoms with van der Waals surface area (Å²) < 4.78 is 0. The minimum atomic E-state index is -0.983. The van der Waals surface area contributed by atoms with Crippen LogP contribution in [0.3, 0.4) is 0 Å². The van der Waals surface area contributed by atoms with E-state index in [9.17, 15) is 19.6 Å². The van der Waals surface area contributed by atoms with Gasteiger partial charge in [-0.15, -0.1) is 11.3 Å². The van der Waals surface area contributed by atoms with Gasteiger partial charge in [0.05, 0.1) is 23.7 Å². The smallest absolute Gasteiger partial charge is 0.261 e. The maximum absolute atomic E-state index is 12.9. The number of Topliss-reactive ketones (excluding diaryl/α,β-unsaturated/α-hetero) is 1. The zero-order chi connectivity index (χ0) is 20.5. The third kappa shape index (κ3) is 3.35. The predicted octanol–water partition coefficient (Wildman–Crippen LogP) is 3.74. The van der Waals surface area contributed by atoms with Crippen molar-refractivity contribution in [3.8, 4) is 6.07 Å². The summed E-state index contributed by atoms with van der Waals surface area (Å²) in [5, 5.41) is 11.7. The van der Waals surface area contributed by atoms with E-state index in [2.05, 4.69) is 4.98 Å². The molecule has 7 heteroatoms. The molecular formula is C22H15N3O3S. The Morgan fingerprint density at radius 2 is 1.83 bits per heavy atom. The lowest BCUT2D eigenvalue weighted by Crippen LogP contribution is -2.29. The number of imide groups is 1. The van der Waals surface area contributed by atoms with Crippen LogP contribution in [-0.2, 0) is 6.54 Å². The molecule has 0 radical (unpaired) electrons. The molecule has 4 rings (SSSR count). The van der Waals surface area contributed by atoms with Crippen molar-refractivity contribution >= 4 is 28.9 Å². The van der Waals surface area contributed by atoms with Crippen LogP contribution in [0.15, 0.2) is 53.9 Å². The normalized spacial score (nSPS) is 13.9. The number of aryl methyl sites for hydroxylation is 1. The Bertz CT molecular complexity index is 1160. The van der Waals surface area contributed by atoms with Crippen molar-refractivity contribution in [2.45, 2.75) is 19.4 Å². The SMILES string of the molecule is Cc1csc(C(C#N)C(=O)c2cccc(CN3C(=O)c4ccccc4C3=O)c2)n1. The average molecular weight is 401 g/mol. The Hall–Kier alpha value is -3.63. The Labute approximate surface area is 171 Å². The molecule has 2 heterocycles. The van der Waals surface area contributed by atoms with Crippen molar-refractivity contribution in [2.24, 2.45) is 0 Å². The number of benzene rings is 2. The van der Waals surface area contributed by atoms with E-state index in [-0.39, 0.29) is 24.1 Å². The van der Waals surface area contributed by atoms with Crippen LogP contribution in [0.25, 0.3) is 0 Å². The van der Waals surface area contributed by atoms with Crippen LogP contribution >= 0.6 is 11.3 Å². The van der Waals surface area contributed by atoms with E-state index in [4.69, 9.17) is 0 Å². The van der Waals surface area contributed by atoms with E-state index in [1.54, 1.807) is 53.9 Å². The Kier molecular flexibility index (Phi) is 4.79. The molecule has 0 spiro atoms. The quantitative estimate of drug-likeness (QED) is 0.480. The zero-order valence-electron chi connectivity index (χ0n) is 15.5. The van der Waals surface area contributed by atoms with Gasteiger partial charge >= 0.3 is 0 Å². The predicted molar refractivity (Wildman–Crippen MR) is 107 cm³/mol. The van der Waals surface area contributed by atoms with Gasteiger partial charge in [0, 0.05) is 16.6 Å². The van der Waals surface area contributed by atoms with Gasteiger partial charge in [0.1, 0.15) is 5.01 Å². The molecule has 1 unspecified atom stereocenters. The Morgan fingerprint density at radius 3 is 2.41 bits per heavy atom. The molecule has 0 saturated carbocycles. The first kappa shape index (κ1) is 18.7. The van der Waals surface area contributed by atoms with Gasteiger partial charge in [-0.1, -0.05) is 30.3 Å². The van der Waals surface area contributed by atoms with Crippen molar-refractivity contribution in [2.75, 3.05) is 0 Å². The van der Waals surface area contributed by atoms with Crippen molar-refractivity contribution in [1.82, 2.24) is 9.88 Å². The van der Waals surface area contributed by atoms with E-state index in [0.717, 1.165) is 5.69 Å². The van der Waals surface area contributed by atoms with E-state index in [1.165, 1.54) is 16.2 Å². The summed E-state index contributed by atoms with van der Waals surface area (Å²) in [6.45, 7) is 1.86. The maximum atomic E-state index is 12.9. The second-order valence-corrected chi connectivity index (χ2v) is 7.59. The molecule has 29 heavy (non-hydrogen) atoms. The summed E-state index contributed by atoms with van der Waals surface area (Å²) >= 11 is 1.28. The number of nitrogens with zero attached hydrogens (tertiary/aromatic N) is 3. The van der Waals surface area contributed by atoms with Crippen LogP contribution in [0.4, 0.5) is 0 Å². The maximum Gasteiger partial charge on any atom is 0.261 e. The number of carbonyl (C=O) groups excluding carboxylic acids is 3. The number of carbonyl (C=O) groups is 3. The monoisotopic (exact) mass is 401 g/mol. The summed E-state index contributed by atoms with van der Waals surface area (Å²) in [7, 11) is 0. The number of aromatic nitrogens is 1. The molecule has 2 aromatic carbocycles. The molecule has 0 N–H and O–H groups in total. The van der Waals surface area contributed by atoms with Crippen molar-refractivity contribution in [1.29, 1.82) is 5.26 Å². The van der Waals surface area contributed by atoms with E-state index < -0.39 is 5.92 Å². The number of hydrogen-bond acceptors (Lipinski definition) is 6. The van der Waals surface area contributed by atoms with Gasteiger partial charge in [0.15, 0.2) is 11.7 Å². The van der Waals surface area contributed by atoms with Gasteiger partial charge in [-0.2, -0.15) is 5.26 Å². The number of amides is 2. The molecule has 3 aromatic rings. The molecule has 0 bridgehead atoms. The fourth-order valence-electron chi connectivity index (χ4n) is 3.29. The van der Waals surface area contributed by atoms with Crippen molar-refractivity contribution in [3.05, 3.63) is 86.9 Å². The lowest BCUT2D eigenvalue weighted by atomic mass is 9.97. The molecule has 1 aromatic heterocycles. The molecule has 1 aliphatic heterocycles. The molecule has 1 aliphatic rings. The lowest BCUT2D eigenvalue weighted by Gasteiger charge is -2.14.